The number of ether oxygens (including phenoxy) is 1. The van der Waals surface area contributed by atoms with Crippen LogP contribution in [0.1, 0.15) is 43.5 Å². The van der Waals surface area contributed by atoms with E-state index in [1.54, 1.807) is 37.4 Å². The Bertz CT molecular complexity index is 1120. The van der Waals surface area contributed by atoms with Gasteiger partial charge >= 0.3 is 5.97 Å². The Morgan fingerprint density at radius 2 is 1.97 bits per heavy atom. The lowest BCUT2D eigenvalue weighted by Gasteiger charge is -2.38. The lowest BCUT2D eigenvalue weighted by molar-refractivity contribution is -0.141. The zero-order valence-corrected chi connectivity index (χ0v) is 21.3. The Labute approximate surface area is 214 Å². The molecule has 4 rings (SSSR count). The molecule has 1 aliphatic heterocycles. The fourth-order valence-electron chi connectivity index (χ4n) is 4.32. The van der Waals surface area contributed by atoms with E-state index < -0.39 is 12.0 Å². The monoisotopic (exact) mass is 521 g/mol. The van der Waals surface area contributed by atoms with Gasteiger partial charge in [-0.15, -0.1) is 12.4 Å². The highest BCUT2D eigenvalue weighted by Crippen LogP contribution is 2.40. The summed E-state index contributed by atoms with van der Waals surface area (Å²) in [6.45, 7) is 2.55. The van der Waals surface area contributed by atoms with Gasteiger partial charge < -0.3 is 4.74 Å². The van der Waals surface area contributed by atoms with E-state index in [0.29, 0.717) is 30.8 Å². The predicted molar refractivity (Wildman–Crippen MR) is 135 cm³/mol. The van der Waals surface area contributed by atoms with Gasteiger partial charge in [-0.2, -0.15) is 5.10 Å². The van der Waals surface area contributed by atoms with Crippen molar-refractivity contribution in [1.82, 2.24) is 14.7 Å². The van der Waals surface area contributed by atoms with Crippen LogP contribution in [0.5, 0.6) is 0 Å². The minimum atomic E-state index is -0.655. The number of carbonyl (C=O) groups excluding carboxylic acids is 3. The topological polar surface area (TPSA) is 81.5 Å². The second-order valence-electron chi connectivity index (χ2n) is 8.69. The fourth-order valence-corrected chi connectivity index (χ4v) is 5.24. The summed E-state index contributed by atoms with van der Waals surface area (Å²) >= 11 is 1.26. The summed E-state index contributed by atoms with van der Waals surface area (Å²) in [7, 11) is 1.32. The van der Waals surface area contributed by atoms with E-state index in [-0.39, 0.29) is 46.8 Å². The van der Waals surface area contributed by atoms with Gasteiger partial charge in [0.05, 0.1) is 18.8 Å². The van der Waals surface area contributed by atoms with Gasteiger partial charge in [-0.05, 0) is 43.0 Å². The van der Waals surface area contributed by atoms with E-state index in [1.165, 1.54) is 29.6 Å². The van der Waals surface area contributed by atoms with E-state index >= 15 is 0 Å². The van der Waals surface area contributed by atoms with Gasteiger partial charge in [0.25, 0.3) is 0 Å². The van der Waals surface area contributed by atoms with Crippen LogP contribution in [0.4, 0.5) is 4.39 Å². The van der Waals surface area contributed by atoms with Crippen molar-refractivity contribution in [3.63, 3.8) is 0 Å². The number of rotatable bonds is 8. The lowest BCUT2D eigenvalue weighted by Crippen LogP contribution is -2.43. The zero-order valence-electron chi connectivity index (χ0n) is 19.7. The molecule has 35 heavy (non-hydrogen) atoms. The molecule has 1 aromatic carbocycles. The first kappa shape index (κ1) is 27.1. The van der Waals surface area contributed by atoms with Gasteiger partial charge in [-0.3, -0.25) is 24.0 Å². The molecule has 2 fully saturated rings. The maximum atomic E-state index is 14.8. The van der Waals surface area contributed by atoms with Crippen LogP contribution in [0.25, 0.3) is 6.08 Å². The largest absolute Gasteiger partial charge is 0.468 e. The molecule has 1 saturated heterocycles. The summed E-state index contributed by atoms with van der Waals surface area (Å²) in [5, 5.41) is 4.38. The molecule has 0 spiro atoms. The number of thioether (sulfide) groups is 1. The standard InChI is InChI=1S/C25H28FN3O4S.ClH/c1-16(30)34-22-10-11-28(14-18(22)13-19-9-12-29(27-19)15-23(31)33-2)24(25(32)17-7-8-17)20-5-3-4-6-21(20)26;/h3-6,9,12-13,17,22,24H,7-8,10-11,14-15H2,1-2H3;1H/b18-13-;. The van der Waals surface area contributed by atoms with E-state index in [4.69, 9.17) is 0 Å². The van der Waals surface area contributed by atoms with E-state index in [2.05, 4.69) is 9.84 Å². The van der Waals surface area contributed by atoms with E-state index in [0.717, 1.165) is 18.4 Å². The van der Waals surface area contributed by atoms with Crippen molar-refractivity contribution in [2.75, 3.05) is 20.2 Å². The molecular weight excluding hydrogens is 493 g/mol. The van der Waals surface area contributed by atoms with Crippen molar-refractivity contribution in [2.24, 2.45) is 5.92 Å². The first-order valence-electron chi connectivity index (χ1n) is 11.4. The van der Waals surface area contributed by atoms with E-state index in [1.807, 2.05) is 11.0 Å². The quantitative estimate of drug-likeness (QED) is 0.484. The van der Waals surface area contributed by atoms with Crippen molar-refractivity contribution in [3.8, 4) is 0 Å². The highest BCUT2D eigenvalue weighted by molar-refractivity contribution is 8.14. The molecule has 188 valence electrons. The molecule has 0 amide bonds. The van der Waals surface area contributed by atoms with Crippen LogP contribution < -0.4 is 0 Å². The Hall–Kier alpha value is -2.49. The number of ketones is 1. The zero-order chi connectivity index (χ0) is 24.2. The number of hydrogen-bond acceptors (Lipinski definition) is 7. The molecule has 10 heteroatoms. The Morgan fingerprint density at radius 1 is 1.23 bits per heavy atom. The first-order valence-corrected chi connectivity index (χ1v) is 12.2. The van der Waals surface area contributed by atoms with Crippen LogP contribution in [0.3, 0.4) is 0 Å². The maximum Gasteiger partial charge on any atom is 0.327 e. The summed E-state index contributed by atoms with van der Waals surface area (Å²) in [6, 6.07) is 7.60. The third-order valence-corrected chi connectivity index (χ3v) is 7.27. The summed E-state index contributed by atoms with van der Waals surface area (Å²) < 4.78 is 21.0. The van der Waals surface area contributed by atoms with Gasteiger partial charge in [0.2, 0.25) is 0 Å². The Balaban J connectivity index is 0.00000342. The van der Waals surface area contributed by atoms with E-state index in [9.17, 15) is 18.8 Å². The van der Waals surface area contributed by atoms with Crippen LogP contribution in [-0.4, -0.2) is 57.0 Å². The van der Waals surface area contributed by atoms with Crippen molar-refractivity contribution >= 4 is 47.1 Å². The molecule has 1 aliphatic carbocycles. The SMILES string of the molecule is COC(=O)Cn1ccc(/C=C2/CN(C(C(=O)C3CC3)c3ccccc3F)CCC2SC(C)=O)n1.Cl. The highest BCUT2D eigenvalue weighted by Gasteiger charge is 2.41. The molecule has 0 N–H and O–H groups in total. The molecule has 1 aromatic heterocycles. The van der Waals surface area contributed by atoms with Crippen LogP contribution in [-0.2, 0) is 25.7 Å². The van der Waals surface area contributed by atoms with Crippen LogP contribution >= 0.6 is 24.2 Å². The summed E-state index contributed by atoms with van der Waals surface area (Å²) in [4.78, 5) is 38.7. The molecule has 7 nitrogen and oxygen atoms in total. The minimum Gasteiger partial charge on any atom is -0.468 e. The number of Topliss-reactive ketones (excluding diaryl/α,β-unsaturated/α-hetero) is 1. The average molecular weight is 522 g/mol. The van der Waals surface area contributed by atoms with Crippen LogP contribution in [0, 0.1) is 11.7 Å². The number of aromatic nitrogens is 2. The molecule has 2 aromatic rings. The van der Waals surface area contributed by atoms with Crippen molar-refractivity contribution in [1.29, 1.82) is 0 Å². The lowest BCUT2D eigenvalue weighted by atomic mass is 9.93. The molecular formula is C25H29ClFN3O4S. The van der Waals surface area contributed by atoms with Gasteiger partial charge in [-0.1, -0.05) is 30.0 Å². The second kappa shape index (κ2) is 12.0. The van der Waals surface area contributed by atoms with Gasteiger partial charge in [0.1, 0.15) is 12.4 Å². The smallest absolute Gasteiger partial charge is 0.327 e. The summed E-state index contributed by atoms with van der Waals surface area (Å²) in [6.07, 6.45) is 5.94. The maximum absolute atomic E-state index is 14.8. The fraction of sp³-hybridized carbons (Fsp3) is 0.440. The van der Waals surface area contributed by atoms with Gasteiger partial charge in [0, 0.05) is 42.9 Å². The third-order valence-electron chi connectivity index (χ3n) is 6.11. The highest BCUT2D eigenvalue weighted by atomic mass is 35.5. The first-order chi connectivity index (χ1) is 16.4. The molecule has 2 unspecified atom stereocenters. The normalized spacial score (nSPS) is 20.2. The molecule has 2 atom stereocenters. The third kappa shape index (κ3) is 6.80. The number of hydrogen-bond donors (Lipinski definition) is 0. The van der Waals surface area contributed by atoms with Crippen molar-refractivity contribution in [2.45, 2.75) is 44.0 Å². The Kier molecular flexibility index (Phi) is 9.27. The number of halogens is 2. The van der Waals surface area contributed by atoms with Crippen LogP contribution in [0.15, 0.2) is 42.1 Å². The molecule has 0 radical (unpaired) electrons. The Morgan fingerprint density at radius 3 is 2.63 bits per heavy atom. The average Bonchev–Trinajstić information content (AvgIpc) is 3.57. The second-order valence-corrected chi connectivity index (χ2v) is 10.1. The van der Waals surface area contributed by atoms with Crippen molar-refractivity contribution < 1.29 is 23.5 Å². The number of likely N-dealkylation sites (tertiary alicyclic amines) is 1. The number of carbonyl (C=O) groups is 3. The minimum absolute atomic E-state index is 0. The van der Waals surface area contributed by atoms with Gasteiger partial charge in [-0.25, -0.2) is 4.39 Å². The number of methoxy groups -OCH3 is 1. The van der Waals surface area contributed by atoms with Gasteiger partial charge in [0.15, 0.2) is 10.9 Å². The summed E-state index contributed by atoms with van der Waals surface area (Å²) in [5.41, 5.74) is 1.99. The van der Waals surface area contributed by atoms with Crippen LogP contribution in [0.2, 0.25) is 0 Å². The molecule has 2 aliphatic rings. The summed E-state index contributed by atoms with van der Waals surface area (Å²) in [5.74, 6) is -0.740. The number of esters is 1. The molecule has 0 bridgehead atoms. The number of nitrogens with zero attached hydrogens (tertiary/aromatic N) is 3. The number of benzene rings is 1. The predicted octanol–water partition coefficient (Wildman–Crippen LogP) is 4.07. The molecule has 2 heterocycles. The number of piperidine rings is 1. The molecule has 1 saturated carbocycles. The van der Waals surface area contributed by atoms with Crippen molar-refractivity contribution in [3.05, 3.63) is 59.2 Å².